The Balaban J connectivity index is 2.94. The molecule has 0 aliphatic rings. The summed E-state index contributed by atoms with van der Waals surface area (Å²) in [6.07, 6.45) is 1.26. The Kier molecular flexibility index (Phi) is 3.35. The summed E-state index contributed by atoms with van der Waals surface area (Å²) in [7, 11) is 0. The van der Waals surface area contributed by atoms with Crippen LogP contribution in [0.15, 0.2) is 12.3 Å². The summed E-state index contributed by atoms with van der Waals surface area (Å²) < 4.78 is 0. The molecular formula is C12H20N2O. The molecule has 0 aromatic carbocycles. The van der Waals surface area contributed by atoms with E-state index in [4.69, 9.17) is 0 Å². The fourth-order valence-corrected chi connectivity index (χ4v) is 1.31. The van der Waals surface area contributed by atoms with Gasteiger partial charge < -0.3 is 10.4 Å². The van der Waals surface area contributed by atoms with Gasteiger partial charge in [-0.2, -0.15) is 0 Å². The molecule has 1 heterocycles. The highest BCUT2D eigenvalue weighted by molar-refractivity contribution is 5.46. The van der Waals surface area contributed by atoms with Crippen LogP contribution >= 0.6 is 0 Å². The molecule has 1 rings (SSSR count). The van der Waals surface area contributed by atoms with E-state index in [0.29, 0.717) is 0 Å². The van der Waals surface area contributed by atoms with E-state index in [9.17, 15) is 5.11 Å². The summed E-state index contributed by atoms with van der Waals surface area (Å²) in [6, 6.07) is 1.96. The number of anilines is 1. The van der Waals surface area contributed by atoms with Gasteiger partial charge in [-0.15, -0.1) is 0 Å². The number of aromatic nitrogens is 1. The Morgan fingerprint density at radius 1 is 1.40 bits per heavy atom. The van der Waals surface area contributed by atoms with Gasteiger partial charge in [0.2, 0.25) is 0 Å². The second-order valence-corrected chi connectivity index (χ2v) is 4.99. The van der Waals surface area contributed by atoms with Crippen LogP contribution in [-0.4, -0.2) is 15.6 Å². The van der Waals surface area contributed by atoms with Crippen molar-refractivity contribution in [3.8, 4) is 0 Å². The number of aliphatic hydroxyl groups excluding tert-OH is 1. The van der Waals surface area contributed by atoms with E-state index in [-0.39, 0.29) is 5.54 Å². The van der Waals surface area contributed by atoms with E-state index in [1.54, 1.807) is 13.1 Å². The summed E-state index contributed by atoms with van der Waals surface area (Å²) in [5.74, 6) is 0.881. The van der Waals surface area contributed by atoms with E-state index >= 15 is 0 Å². The predicted molar refractivity (Wildman–Crippen MR) is 63.0 cm³/mol. The fraction of sp³-hybridized carbons (Fsp3) is 0.583. The summed E-state index contributed by atoms with van der Waals surface area (Å²) in [5, 5.41) is 12.7. The molecule has 3 heteroatoms. The van der Waals surface area contributed by atoms with Crippen LogP contribution in [-0.2, 0) is 0 Å². The Morgan fingerprint density at radius 2 is 2.00 bits per heavy atom. The molecular weight excluding hydrogens is 188 g/mol. The van der Waals surface area contributed by atoms with Crippen LogP contribution in [0.4, 0.5) is 5.82 Å². The smallest absolute Gasteiger partial charge is 0.129 e. The third kappa shape index (κ3) is 3.51. The van der Waals surface area contributed by atoms with E-state index in [2.05, 4.69) is 31.1 Å². The third-order valence-electron chi connectivity index (χ3n) is 2.08. The van der Waals surface area contributed by atoms with E-state index < -0.39 is 6.10 Å². The first-order valence-corrected chi connectivity index (χ1v) is 5.22. The lowest BCUT2D eigenvalue weighted by Gasteiger charge is -2.23. The van der Waals surface area contributed by atoms with Crippen LogP contribution in [0.25, 0.3) is 0 Å². The molecule has 0 fully saturated rings. The maximum absolute atomic E-state index is 9.41. The standard InChI is InChI=1S/C12H20N2O/c1-8-6-10(9(2)15)7-13-11(8)14-12(3,4)5/h6-7,9,15H,1-5H3,(H,13,14)/t9-/m1/s1. The van der Waals surface area contributed by atoms with E-state index in [1.165, 1.54) is 0 Å². The van der Waals surface area contributed by atoms with Crippen molar-refractivity contribution in [1.82, 2.24) is 4.98 Å². The van der Waals surface area contributed by atoms with Crippen molar-refractivity contribution in [1.29, 1.82) is 0 Å². The Hall–Kier alpha value is -1.09. The second kappa shape index (κ2) is 4.19. The van der Waals surface area contributed by atoms with Gasteiger partial charge in [0.1, 0.15) is 5.82 Å². The number of aryl methyl sites for hydroxylation is 1. The molecule has 0 unspecified atom stereocenters. The minimum absolute atomic E-state index is 0.00407. The molecule has 0 aliphatic heterocycles. The number of nitrogens with zero attached hydrogens (tertiary/aromatic N) is 1. The monoisotopic (exact) mass is 208 g/mol. The highest BCUT2D eigenvalue weighted by Crippen LogP contribution is 2.20. The number of hydrogen-bond acceptors (Lipinski definition) is 3. The van der Waals surface area contributed by atoms with Crippen molar-refractivity contribution in [3.05, 3.63) is 23.4 Å². The molecule has 0 saturated heterocycles. The van der Waals surface area contributed by atoms with Crippen molar-refractivity contribution in [2.75, 3.05) is 5.32 Å². The van der Waals surface area contributed by atoms with Gasteiger partial charge in [-0.25, -0.2) is 4.98 Å². The van der Waals surface area contributed by atoms with Crippen molar-refractivity contribution in [2.24, 2.45) is 0 Å². The summed E-state index contributed by atoms with van der Waals surface area (Å²) >= 11 is 0. The lowest BCUT2D eigenvalue weighted by molar-refractivity contribution is 0.199. The zero-order chi connectivity index (χ0) is 11.6. The summed E-state index contributed by atoms with van der Waals surface area (Å²) in [6.45, 7) is 10.0. The first kappa shape index (κ1) is 12.0. The van der Waals surface area contributed by atoms with Gasteiger partial charge in [0.05, 0.1) is 6.10 Å². The Bertz CT molecular complexity index is 340. The van der Waals surface area contributed by atoms with Crippen LogP contribution in [0.2, 0.25) is 0 Å². The van der Waals surface area contributed by atoms with Crippen molar-refractivity contribution in [2.45, 2.75) is 46.3 Å². The van der Waals surface area contributed by atoms with Gasteiger partial charge in [0.25, 0.3) is 0 Å². The third-order valence-corrected chi connectivity index (χ3v) is 2.08. The molecule has 84 valence electrons. The predicted octanol–water partition coefficient (Wildman–Crippen LogP) is 2.65. The molecule has 3 nitrogen and oxygen atoms in total. The normalized spacial score (nSPS) is 13.7. The van der Waals surface area contributed by atoms with Crippen LogP contribution in [0, 0.1) is 6.92 Å². The SMILES string of the molecule is Cc1cc([C@@H](C)O)cnc1NC(C)(C)C. The fourth-order valence-electron chi connectivity index (χ4n) is 1.31. The van der Waals surface area contributed by atoms with Crippen LogP contribution in [0.3, 0.4) is 0 Å². The molecule has 0 radical (unpaired) electrons. The molecule has 1 aromatic heterocycles. The van der Waals surface area contributed by atoms with E-state index in [0.717, 1.165) is 16.9 Å². The summed E-state index contributed by atoms with van der Waals surface area (Å²) in [5.41, 5.74) is 1.92. The van der Waals surface area contributed by atoms with Gasteiger partial charge in [0.15, 0.2) is 0 Å². The highest BCUT2D eigenvalue weighted by Gasteiger charge is 2.12. The number of pyridine rings is 1. The van der Waals surface area contributed by atoms with Crippen molar-refractivity contribution < 1.29 is 5.11 Å². The molecule has 0 amide bonds. The van der Waals surface area contributed by atoms with E-state index in [1.807, 2.05) is 13.0 Å². The first-order chi connectivity index (χ1) is 6.79. The lowest BCUT2D eigenvalue weighted by atomic mass is 10.1. The Labute approximate surface area is 91.5 Å². The largest absolute Gasteiger partial charge is 0.389 e. The molecule has 2 N–H and O–H groups in total. The zero-order valence-electron chi connectivity index (χ0n) is 10.1. The average Bonchev–Trinajstić information content (AvgIpc) is 2.05. The van der Waals surface area contributed by atoms with Gasteiger partial charge in [0, 0.05) is 11.7 Å². The van der Waals surface area contributed by atoms with Crippen LogP contribution < -0.4 is 5.32 Å². The quantitative estimate of drug-likeness (QED) is 0.785. The Morgan fingerprint density at radius 3 is 2.40 bits per heavy atom. The minimum atomic E-state index is -0.458. The van der Waals surface area contributed by atoms with Gasteiger partial charge in [-0.1, -0.05) is 0 Å². The van der Waals surface area contributed by atoms with Gasteiger partial charge in [-0.3, -0.25) is 0 Å². The number of nitrogens with one attached hydrogen (secondary N) is 1. The molecule has 0 bridgehead atoms. The van der Waals surface area contributed by atoms with Crippen molar-refractivity contribution >= 4 is 5.82 Å². The first-order valence-electron chi connectivity index (χ1n) is 5.22. The molecule has 0 spiro atoms. The average molecular weight is 208 g/mol. The van der Waals surface area contributed by atoms with Gasteiger partial charge in [-0.05, 0) is 51.8 Å². The number of aliphatic hydroxyl groups is 1. The highest BCUT2D eigenvalue weighted by atomic mass is 16.3. The number of rotatable bonds is 2. The molecule has 1 atom stereocenters. The van der Waals surface area contributed by atoms with Gasteiger partial charge >= 0.3 is 0 Å². The van der Waals surface area contributed by atoms with Crippen molar-refractivity contribution in [3.63, 3.8) is 0 Å². The van der Waals surface area contributed by atoms with Crippen LogP contribution in [0.5, 0.6) is 0 Å². The summed E-state index contributed by atoms with van der Waals surface area (Å²) in [4.78, 5) is 4.31. The molecule has 15 heavy (non-hydrogen) atoms. The topological polar surface area (TPSA) is 45.2 Å². The van der Waals surface area contributed by atoms with Crippen LogP contribution in [0.1, 0.15) is 44.9 Å². The molecule has 1 aromatic rings. The lowest BCUT2D eigenvalue weighted by Crippen LogP contribution is -2.27. The maximum atomic E-state index is 9.41. The second-order valence-electron chi connectivity index (χ2n) is 4.99. The minimum Gasteiger partial charge on any atom is -0.389 e. The zero-order valence-corrected chi connectivity index (χ0v) is 10.1. The molecule has 0 aliphatic carbocycles. The number of hydrogen-bond donors (Lipinski definition) is 2. The molecule has 0 saturated carbocycles. The maximum Gasteiger partial charge on any atom is 0.129 e.